The smallest absolute Gasteiger partial charge is 0.275 e. The Hall–Kier alpha value is -3.87. The Balaban J connectivity index is 1.66. The third-order valence-corrected chi connectivity index (χ3v) is 4.54. The lowest BCUT2D eigenvalue weighted by Crippen LogP contribution is -2.31. The molecule has 29 heavy (non-hydrogen) atoms. The Labute approximate surface area is 167 Å². The minimum Gasteiger partial charge on any atom is -0.309 e. The van der Waals surface area contributed by atoms with Crippen LogP contribution in [0.2, 0.25) is 0 Å². The van der Waals surface area contributed by atoms with E-state index in [-0.39, 0.29) is 18.0 Å². The van der Waals surface area contributed by atoms with E-state index in [1.54, 1.807) is 36.8 Å². The highest BCUT2D eigenvalue weighted by Crippen LogP contribution is 2.16. The summed E-state index contributed by atoms with van der Waals surface area (Å²) >= 11 is 0. The summed E-state index contributed by atoms with van der Waals surface area (Å²) in [6.45, 7) is 1.73. The van der Waals surface area contributed by atoms with Gasteiger partial charge in [-0.3, -0.25) is 14.6 Å². The third-order valence-electron chi connectivity index (χ3n) is 4.54. The van der Waals surface area contributed by atoms with Crippen molar-refractivity contribution in [2.24, 2.45) is 0 Å². The molecule has 7 heteroatoms. The number of amides is 1. The maximum absolute atomic E-state index is 12.9. The van der Waals surface area contributed by atoms with Crippen molar-refractivity contribution in [3.8, 4) is 0 Å². The van der Waals surface area contributed by atoms with Crippen LogP contribution in [0, 0.1) is 6.92 Å². The van der Waals surface area contributed by atoms with E-state index in [0.29, 0.717) is 17.6 Å². The van der Waals surface area contributed by atoms with E-state index < -0.39 is 0 Å². The predicted octanol–water partition coefficient (Wildman–Crippen LogP) is 2.72. The van der Waals surface area contributed by atoms with Crippen molar-refractivity contribution in [1.82, 2.24) is 19.7 Å². The number of fused-ring (bicyclic) bond motifs is 1. The molecule has 0 saturated carbocycles. The number of benzene rings is 1. The summed E-state index contributed by atoms with van der Waals surface area (Å²) in [4.78, 5) is 33.5. The largest absolute Gasteiger partial charge is 0.309 e. The monoisotopic (exact) mass is 385 g/mol. The molecule has 0 aliphatic heterocycles. The molecule has 0 aliphatic rings. The van der Waals surface area contributed by atoms with Gasteiger partial charge in [0.1, 0.15) is 12.4 Å². The van der Waals surface area contributed by atoms with Gasteiger partial charge in [0, 0.05) is 30.4 Å². The zero-order chi connectivity index (χ0) is 20.2. The second-order valence-corrected chi connectivity index (χ2v) is 6.76. The van der Waals surface area contributed by atoms with Gasteiger partial charge < -0.3 is 5.32 Å². The molecule has 1 amide bonds. The second kappa shape index (κ2) is 8.02. The molecule has 1 aromatic carbocycles. The van der Waals surface area contributed by atoms with Gasteiger partial charge in [0.15, 0.2) is 0 Å². The lowest BCUT2D eigenvalue weighted by molar-refractivity contribution is -0.117. The fourth-order valence-electron chi connectivity index (χ4n) is 3.10. The van der Waals surface area contributed by atoms with E-state index in [0.717, 1.165) is 22.2 Å². The molecule has 0 atom stereocenters. The molecule has 0 spiro atoms. The van der Waals surface area contributed by atoms with Crippen LogP contribution in [-0.4, -0.2) is 25.7 Å². The Bertz CT molecular complexity index is 1220. The number of nitrogens with one attached hydrogen (secondary N) is 1. The van der Waals surface area contributed by atoms with Crippen LogP contribution in [0.25, 0.3) is 10.8 Å². The molecule has 0 radical (unpaired) electrons. The van der Waals surface area contributed by atoms with Crippen molar-refractivity contribution in [2.45, 2.75) is 19.9 Å². The van der Waals surface area contributed by atoms with E-state index >= 15 is 0 Å². The quantitative estimate of drug-likeness (QED) is 0.571. The second-order valence-electron chi connectivity index (χ2n) is 6.76. The molecular weight excluding hydrogens is 366 g/mol. The van der Waals surface area contributed by atoms with Crippen LogP contribution in [0.1, 0.15) is 16.8 Å². The average molecular weight is 385 g/mol. The van der Waals surface area contributed by atoms with E-state index in [1.165, 1.54) is 4.68 Å². The van der Waals surface area contributed by atoms with Gasteiger partial charge in [-0.05, 0) is 42.3 Å². The van der Waals surface area contributed by atoms with Gasteiger partial charge in [0.05, 0.1) is 11.1 Å². The first-order chi connectivity index (χ1) is 14.1. The van der Waals surface area contributed by atoms with E-state index in [1.807, 2.05) is 37.3 Å². The van der Waals surface area contributed by atoms with Crippen molar-refractivity contribution in [2.75, 3.05) is 5.32 Å². The lowest BCUT2D eigenvalue weighted by atomic mass is 10.1. The van der Waals surface area contributed by atoms with Crippen LogP contribution < -0.4 is 10.9 Å². The minimum absolute atomic E-state index is 0.192. The molecule has 1 N–H and O–H groups in total. The van der Waals surface area contributed by atoms with Crippen molar-refractivity contribution < 1.29 is 4.79 Å². The molecule has 3 aromatic heterocycles. The van der Waals surface area contributed by atoms with Crippen molar-refractivity contribution in [3.63, 3.8) is 0 Å². The molecule has 0 aliphatic carbocycles. The number of nitrogens with zero attached hydrogens (tertiary/aromatic N) is 4. The summed E-state index contributed by atoms with van der Waals surface area (Å²) in [5.74, 6) is 0.0764. The first-order valence-corrected chi connectivity index (χ1v) is 9.20. The van der Waals surface area contributed by atoms with Gasteiger partial charge in [-0.2, -0.15) is 5.10 Å². The molecule has 0 unspecified atom stereocenters. The van der Waals surface area contributed by atoms with Crippen LogP contribution >= 0.6 is 0 Å². The lowest BCUT2D eigenvalue weighted by Gasteiger charge is -2.11. The standard InChI is InChI=1S/C22H19N5O2/c1-15-6-7-20(24-13-15)25-21(28)14-27-22(29)18-5-3-2-4-17(18)19(26-27)12-16-8-10-23-11-9-16/h2-11,13H,12,14H2,1H3,(H,24,25,28). The number of pyridine rings is 2. The maximum Gasteiger partial charge on any atom is 0.275 e. The number of hydrogen-bond donors (Lipinski definition) is 1. The average Bonchev–Trinajstić information content (AvgIpc) is 2.74. The normalized spacial score (nSPS) is 10.8. The summed E-state index contributed by atoms with van der Waals surface area (Å²) < 4.78 is 1.21. The number of aromatic nitrogens is 4. The van der Waals surface area contributed by atoms with E-state index in [4.69, 9.17) is 0 Å². The Kier molecular flexibility index (Phi) is 5.11. The number of carbonyl (C=O) groups excluding carboxylic acids is 1. The minimum atomic E-state index is -0.360. The fraction of sp³-hybridized carbons (Fsp3) is 0.136. The first kappa shape index (κ1) is 18.5. The number of aryl methyl sites for hydroxylation is 1. The first-order valence-electron chi connectivity index (χ1n) is 9.20. The van der Waals surface area contributed by atoms with Crippen molar-refractivity contribution in [3.05, 3.63) is 94.3 Å². The number of hydrogen-bond acceptors (Lipinski definition) is 5. The Morgan fingerprint density at radius 3 is 2.52 bits per heavy atom. The zero-order valence-electron chi connectivity index (χ0n) is 15.9. The number of anilines is 1. The zero-order valence-corrected chi connectivity index (χ0v) is 15.9. The summed E-state index contributed by atoms with van der Waals surface area (Å²) in [5.41, 5.74) is 2.45. The SMILES string of the molecule is Cc1ccc(NC(=O)Cn2nc(Cc3ccncc3)c3ccccc3c2=O)nc1. The molecule has 0 fully saturated rings. The molecule has 4 aromatic rings. The summed E-state index contributed by atoms with van der Waals surface area (Å²) in [6.07, 6.45) is 5.64. The fourth-order valence-corrected chi connectivity index (χ4v) is 3.10. The van der Waals surface area contributed by atoms with Crippen LogP contribution in [-0.2, 0) is 17.8 Å². The van der Waals surface area contributed by atoms with Crippen LogP contribution in [0.15, 0.2) is 71.9 Å². The molecule has 0 saturated heterocycles. The topological polar surface area (TPSA) is 89.8 Å². The highest BCUT2D eigenvalue weighted by Gasteiger charge is 2.13. The van der Waals surface area contributed by atoms with Gasteiger partial charge in [0.2, 0.25) is 5.91 Å². The maximum atomic E-state index is 12.9. The molecular formula is C22H19N5O2. The molecule has 0 bridgehead atoms. The summed E-state index contributed by atoms with van der Waals surface area (Å²) in [5, 5.41) is 8.52. The van der Waals surface area contributed by atoms with Gasteiger partial charge in [-0.15, -0.1) is 0 Å². The van der Waals surface area contributed by atoms with Crippen molar-refractivity contribution in [1.29, 1.82) is 0 Å². The summed E-state index contributed by atoms with van der Waals surface area (Å²) in [7, 11) is 0. The number of carbonyl (C=O) groups is 1. The third kappa shape index (κ3) is 4.19. The van der Waals surface area contributed by atoms with Gasteiger partial charge >= 0.3 is 0 Å². The predicted molar refractivity (Wildman–Crippen MR) is 111 cm³/mol. The van der Waals surface area contributed by atoms with Crippen LogP contribution in [0.3, 0.4) is 0 Å². The molecule has 7 nitrogen and oxygen atoms in total. The van der Waals surface area contributed by atoms with Gasteiger partial charge in [-0.25, -0.2) is 9.67 Å². The van der Waals surface area contributed by atoms with Gasteiger partial charge in [0.25, 0.3) is 5.56 Å². The van der Waals surface area contributed by atoms with E-state index in [9.17, 15) is 9.59 Å². The number of rotatable bonds is 5. The van der Waals surface area contributed by atoms with E-state index in [2.05, 4.69) is 20.4 Å². The van der Waals surface area contributed by atoms with Gasteiger partial charge in [-0.1, -0.05) is 24.3 Å². The van der Waals surface area contributed by atoms with Crippen molar-refractivity contribution >= 4 is 22.5 Å². The van der Waals surface area contributed by atoms with Crippen LogP contribution in [0.4, 0.5) is 5.82 Å². The highest BCUT2D eigenvalue weighted by molar-refractivity contribution is 5.90. The molecule has 144 valence electrons. The highest BCUT2D eigenvalue weighted by atomic mass is 16.2. The molecule has 4 rings (SSSR count). The molecule has 3 heterocycles. The summed E-state index contributed by atoms with van der Waals surface area (Å²) in [6, 6.07) is 14.7. The Morgan fingerprint density at radius 1 is 1.03 bits per heavy atom. The Morgan fingerprint density at radius 2 is 1.79 bits per heavy atom. The van der Waals surface area contributed by atoms with Crippen LogP contribution in [0.5, 0.6) is 0 Å².